The zero-order valence-corrected chi connectivity index (χ0v) is 20.8. The van der Waals surface area contributed by atoms with E-state index >= 15 is 8.78 Å². The van der Waals surface area contributed by atoms with Crippen LogP contribution in [-0.4, -0.2) is 109 Å². The molecule has 0 radical (unpaired) electrons. The second-order valence-electron chi connectivity index (χ2n) is 8.93. The summed E-state index contributed by atoms with van der Waals surface area (Å²) in [6.07, 6.45) is 0.913. The minimum Gasteiger partial charge on any atom is -0.442 e. The Morgan fingerprint density at radius 3 is 2.49 bits per heavy atom. The predicted octanol–water partition coefficient (Wildman–Crippen LogP) is -1.09. The van der Waals surface area contributed by atoms with Gasteiger partial charge in [0.25, 0.3) is 5.91 Å². The summed E-state index contributed by atoms with van der Waals surface area (Å²) in [6.45, 7) is 2.58. The summed E-state index contributed by atoms with van der Waals surface area (Å²) in [5.41, 5.74) is 4.93. The van der Waals surface area contributed by atoms with Crippen LogP contribution in [0.1, 0.15) is 6.42 Å². The van der Waals surface area contributed by atoms with E-state index in [4.69, 9.17) is 15.6 Å². The number of aliphatic hydroxyl groups excluding tert-OH is 1. The van der Waals surface area contributed by atoms with Gasteiger partial charge in [-0.2, -0.15) is 5.10 Å². The fourth-order valence-electron chi connectivity index (χ4n) is 4.71. The molecule has 14 nitrogen and oxygen atoms in total. The van der Waals surface area contributed by atoms with Crippen LogP contribution in [0, 0.1) is 11.6 Å². The maximum Gasteiger partial charge on any atom is 0.414 e. The molecule has 0 aromatic heterocycles. The van der Waals surface area contributed by atoms with Gasteiger partial charge < -0.3 is 25.8 Å². The van der Waals surface area contributed by atoms with Gasteiger partial charge >= 0.3 is 6.09 Å². The van der Waals surface area contributed by atoms with Crippen LogP contribution in [0.4, 0.5) is 25.0 Å². The number of fused-ring (bicyclic) bond motifs is 1. The lowest BCUT2D eigenvalue weighted by atomic mass is 10.1. The minimum atomic E-state index is -1.14. The lowest BCUT2D eigenvalue weighted by Crippen LogP contribution is -2.62. The highest BCUT2D eigenvalue weighted by molar-refractivity contribution is 5.96. The average Bonchev–Trinajstić information content (AvgIpc) is 3.12. The Kier molecular flexibility index (Phi) is 8.13. The third kappa shape index (κ3) is 5.69. The summed E-state index contributed by atoms with van der Waals surface area (Å²) in [5, 5.41) is 18.6. The summed E-state index contributed by atoms with van der Waals surface area (Å²) in [4.78, 5) is 51.9. The van der Waals surface area contributed by atoms with Gasteiger partial charge in [-0.05, 0) is 0 Å². The first kappa shape index (κ1) is 27.6. The van der Waals surface area contributed by atoms with Gasteiger partial charge in [-0.15, -0.1) is 0 Å². The van der Waals surface area contributed by atoms with Crippen molar-refractivity contribution in [2.45, 2.75) is 18.6 Å². The van der Waals surface area contributed by atoms with Crippen molar-refractivity contribution in [3.05, 3.63) is 36.2 Å². The van der Waals surface area contributed by atoms with E-state index in [2.05, 4.69) is 17.1 Å². The van der Waals surface area contributed by atoms with E-state index in [9.17, 15) is 19.2 Å². The van der Waals surface area contributed by atoms with Gasteiger partial charge in [0.05, 0.1) is 38.3 Å². The third-order valence-corrected chi connectivity index (χ3v) is 6.49. The lowest BCUT2D eigenvalue weighted by molar-refractivity contribution is -0.172. The van der Waals surface area contributed by atoms with E-state index in [1.807, 2.05) is 0 Å². The van der Waals surface area contributed by atoms with Gasteiger partial charge in [0.1, 0.15) is 24.4 Å². The molecule has 3 saturated heterocycles. The molecule has 1 aromatic rings. The summed E-state index contributed by atoms with van der Waals surface area (Å²) in [6, 6.07) is 0.888. The number of hydrogen-bond donors (Lipinski definition) is 3. The first-order valence-electron chi connectivity index (χ1n) is 12.0. The molecule has 39 heavy (non-hydrogen) atoms. The van der Waals surface area contributed by atoms with E-state index in [0.29, 0.717) is 0 Å². The molecule has 4 rings (SSSR count). The summed E-state index contributed by atoms with van der Waals surface area (Å²) < 4.78 is 35.9. The molecule has 0 unspecified atom stereocenters. The zero-order valence-electron chi connectivity index (χ0n) is 20.8. The first-order chi connectivity index (χ1) is 18.7. The SMILES string of the molecule is C=NN(/C=C\N)C[C@H]1CN(c2cc(F)c(N3CCN4C(=O)C[C@H](NC(=O)CO)C(=O)N4CC3)c(F)c2)C(=O)O1. The molecular formula is C23H28F2N8O6. The van der Waals surface area contributed by atoms with Crippen molar-refractivity contribution in [3.63, 3.8) is 0 Å². The normalized spacial score (nSPS) is 21.7. The van der Waals surface area contributed by atoms with Crippen LogP contribution in [0.3, 0.4) is 0 Å². The molecule has 3 aliphatic heterocycles. The second kappa shape index (κ2) is 11.5. The van der Waals surface area contributed by atoms with E-state index in [0.717, 1.165) is 22.0 Å². The maximum absolute atomic E-state index is 15.3. The van der Waals surface area contributed by atoms with Crippen molar-refractivity contribution in [3.8, 4) is 0 Å². The van der Waals surface area contributed by atoms with Crippen molar-refractivity contribution in [2.75, 3.05) is 55.7 Å². The van der Waals surface area contributed by atoms with Crippen LogP contribution in [0.2, 0.25) is 0 Å². The largest absolute Gasteiger partial charge is 0.442 e. The highest BCUT2D eigenvalue weighted by atomic mass is 19.1. The van der Waals surface area contributed by atoms with Crippen LogP contribution >= 0.6 is 0 Å². The first-order valence-corrected chi connectivity index (χ1v) is 12.0. The summed E-state index contributed by atoms with van der Waals surface area (Å²) in [7, 11) is 0. The number of rotatable bonds is 8. The number of carbonyl (C=O) groups excluding carboxylic acids is 4. The molecule has 0 bridgehead atoms. The molecule has 210 valence electrons. The number of hydrogen-bond acceptors (Lipinski definition) is 10. The molecule has 3 heterocycles. The number of nitrogens with two attached hydrogens (primary N) is 1. The highest BCUT2D eigenvalue weighted by Crippen LogP contribution is 2.32. The molecule has 0 spiro atoms. The summed E-state index contributed by atoms with van der Waals surface area (Å²) >= 11 is 0. The Labute approximate surface area is 221 Å². The fraction of sp³-hybridized carbons (Fsp3) is 0.435. The topological polar surface area (TPSA) is 164 Å². The Bertz CT molecular complexity index is 1180. The predicted molar refractivity (Wildman–Crippen MR) is 133 cm³/mol. The Balaban J connectivity index is 1.48. The number of anilines is 2. The number of aliphatic hydroxyl groups is 1. The number of amides is 4. The van der Waals surface area contributed by atoms with Crippen molar-refractivity contribution in [2.24, 2.45) is 10.8 Å². The number of nitrogens with zero attached hydrogens (tertiary/aromatic N) is 6. The number of nitrogens with one attached hydrogen (secondary N) is 1. The van der Waals surface area contributed by atoms with Crippen molar-refractivity contribution in [1.82, 2.24) is 20.3 Å². The molecule has 16 heteroatoms. The van der Waals surface area contributed by atoms with Crippen molar-refractivity contribution >= 4 is 41.9 Å². The van der Waals surface area contributed by atoms with Crippen molar-refractivity contribution in [1.29, 1.82) is 0 Å². The van der Waals surface area contributed by atoms with E-state index < -0.39 is 54.2 Å². The number of hydrazine groups is 1. The molecule has 3 fully saturated rings. The van der Waals surface area contributed by atoms with Gasteiger partial charge in [-0.3, -0.25) is 24.3 Å². The van der Waals surface area contributed by atoms with Crippen LogP contribution in [0.25, 0.3) is 0 Å². The second-order valence-corrected chi connectivity index (χ2v) is 8.93. The summed E-state index contributed by atoms with van der Waals surface area (Å²) in [5.74, 6) is -3.70. The molecule has 4 amide bonds. The van der Waals surface area contributed by atoms with E-state index in [1.165, 1.54) is 27.3 Å². The molecule has 4 N–H and O–H groups in total. The maximum atomic E-state index is 15.3. The number of ether oxygens (including phenoxy) is 1. The molecule has 0 saturated carbocycles. The average molecular weight is 551 g/mol. The van der Waals surface area contributed by atoms with Crippen LogP contribution in [0.5, 0.6) is 0 Å². The fourth-order valence-corrected chi connectivity index (χ4v) is 4.71. The lowest BCUT2D eigenvalue weighted by Gasteiger charge is -2.39. The third-order valence-electron chi connectivity index (χ3n) is 6.49. The number of carbonyl (C=O) groups is 4. The molecule has 3 aliphatic rings. The molecule has 0 aliphatic carbocycles. The van der Waals surface area contributed by atoms with Crippen LogP contribution in [0.15, 0.2) is 29.6 Å². The van der Waals surface area contributed by atoms with Gasteiger partial charge in [0.2, 0.25) is 11.8 Å². The number of cyclic esters (lactones) is 1. The Hall–Kier alpha value is -4.47. The van der Waals surface area contributed by atoms with Crippen LogP contribution < -0.4 is 20.9 Å². The molecular weight excluding hydrogens is 522 g/mol. The standard InChI is InChI=1S/C23H28F2N8O6/c1-27-30(3-2-26)11-15-12-31(23(38)39-15)14-8-16(24)21(17(25)9-14)29-4-6-32-20(36)10-18(28-19(35)13-34)22(37)33(32)7-5-29/h2-3,8-9,15,18,34H,1,4-7,10-13,26H2,(H,28,35)/b3-2-/t15-,18-/m0/s1. The highest BCUT2D eigenvalue weighted by Gasteiger charge is 2.41. The smallest absolute Gasteiger partial charge is 0.414 e. The van der Waals surface area contributed by atoms with Gasteiger partial charge in [-0.1, -0.05) is 0 Å². The Morgan fingerprint density at radius 1 is 1.21 bits per heavy atom. The molecule has 1 aromatic carbocycles. The quantitative estimate of drug-likeness (QED) is 0.270. The molecule has 2 atom stereocenters. The van der Waals surface area contributed by atoms with E-state index in [1.54, 1.807) is 0 Å². The Morgan fingerprint density at radius 2 is 1.87 bits per heavy atom. The van der Waals surface area contributed by atoms with Crippen LogP contribution in [-0.2, 0) is 19.1 Å². The number of halogens is 2. The van der Waals surface area contributed by atoms with Gasteiger partial charge in [-0.25, -0.2) is 23.6 Å². The monoisotopic (exact) mass is 550 g/mol. The van der Waals surface area contributed by atoms with Gasteiger partial charge in [0.15, 0.2) is 11.6 Å². The number of benzene rings is 1. The number of hydrazone groups is 1. The minimum absolute atomic E-state index is 0.00728. The van der Waals surface area contributed by atoms with E-state index in [-0.39, 0.29) is 57.1 Å². The van der Waals surface area contributed by atoms with Gasteiger partial charge in [0, 0.05) is 44.3 Å². The zero-order chi connectivity index (χ0) is 28.3. The van der Waals surface area contributed by atoms with Crippen molar-refractivity contribution < 1.29 is 37.8 Å².